The fourth-order valence-electron chi connectivity index (χ4n) is 1.28. The molecule has 0 saturated carbocycles. The van der Waals surface area contributed by atoms with E-state index >= 15 is 0 Å². The first-order valence-corrected chi connectivity index (χ1v) is 6.82. The molecule has 1 rings (SSSR count). The first kappa shape index (κ1) is 16.1. The van der Waals surface area contributed by atoms with Crippen molar-refractivity contribution in [1.29, 1.82) is 0 Å². The molecule has 1 aromatic carbocycles. The SMILES string of the molecule is CSc1cccc(OCC(CN)OCC(F)(F)F)c1. The van der Waals surface area contributed by atoms with Crippen molar-refractivity contribution in [2.45, 2.75) is 17.2 Å². The quantitative estimate of drug-likeness (QED) is 0.786. The van der Waals surface area contributed by atoms with Crippen LogP contribution in [0.15, 0.2) is 29.2 Å². The largest absolute Gasteiger partial charge is 0.491 e. The van der Waals surface area contributed by atoms with Crippen molar-refractivity contribution in [3.8, 4) is 5.75 Å². The molecule has 3 nitrogen and oxygen atoms in total. The summed E-state index contributed by atoms with van der Waals surface area (Å²) in [5, 5.41) is 0. The number of nitrogens with two attached hydrogens (primary N) is 1. The van der Waals surface area contributed by atoms with Crippen molar-refractivity contribution in [2.24, 2.45) is 5.73 Å². The first-order chi connectivity index (χ1) is 8.94. The van der Waals surface area contributed by atoms with E-state index in [-0.39, 0.29) is 13.2 Å². The molecule has 1 aromatic rings. The van der Waals surface area contributed by atoms with Crippen LogP contribution in [0.2, 0.25) is 0 Å². The maximum Gasteiger partial charge on any atom is 0.411 e. The molecule has 0 fully saturated rings. The van der Waals surface area contributed by atoms with Crippen molar-refractivity contribution in [3.63, 3.8) is 0 Å². The van der Waals surface area contributed by atoms with E-state index in [1.165, 1.54) is 0 Å². The van der Waals surface area contributed by atoms with Crippen LogP contribution < -0.4 is 10.5 Å². The summed E-state index contributed by atoms with van der Waals surface area (Å²) in [7, 11) is 0. The van der Waals surface area contributed by atoms with E-state index in [1.807, 2.05) is 24.5 Å². The van der Waals surface area contributed by atoms with Crippen LogP contribution in [0.1, 0.15) is 0 Å². The summed E-state index contributed by atoms with van der Waals surface area (Å²) in [6.45, 7) is -1.36. The van der Waals surface area contributed by atoms with Gasteiger partial charge in [0, 0.05) is 11.4 Å². The highest BCUT2D eigenvalue weighted by Crippen LogP contribution is 2.21. The highest BCUT2D eigenvalue weighted by molar-refractivity contribution is 7.98. The predicted octanol–water partition coefficient (Wildman–Crippen LogP) is 2.69. The Labute approximate surface area is 114 Å². The summed E-state index contributed by atoms with van der Waals surface area (Å²) in [5.74, 6) is 0.584. The molecule has 0 spiro atoms. The Balaban J connectivity index is 2.44. The van der Waals surface area contributed by atoms with Crippen molar-refractivity contribution in [2.75, 3.05) is 26.0 Å². The third-order valence-electron chi connectivity index (χ3n) is 2.22. The van der Waals surface area contributed by atoms with E-state index in [1.54, 1.807) is 17.8 Å². The molecule has 0 aliphatic rings. The Morgan fingerprint density at radius 3 is 2.68 bits per heavy atom. The summed E-state index contributed by atoms with van der Waals surface area (Å²) in [6, 6.07) is 7.27. The molecule has 0 saturated heterocycles. The molecule has 0 bridgehead atoms. The number of halogens is 3. The molecule has 0 radical (unpaired) electrons. The minimum atomic E-state index is -4.35. The van der Waals surface area contributed by atoms with Crippen LogP contribution in [0.3, 0.4) is 0 Å². The summed E-state index contributed by atoms with van der Waals surface area (Å²) in [6.07, 6.45) is -3.21. The third kappa shape index (κ3) is 6.70. The molecule has 0 aromatic heterocycles. The van der Waals surface area contributed by atoms with E-state index < -0.39 is 18.9 Å². The monoisotopic (exact) mass is 295 g/mol. The minimum absolute atomic E-state index is 0.00951. The predicted molar refractivity (Wildman–Crippen MR) is 68.6 cm³/mol. The van der Waals surface area contributed by atoms with Gasteiger partial charge in [0.2, 0.25) is 0 Å². The van der Waals surface area contributed by atoms with Crippen LogP contribution in [0.4, 0.5) is 13.2 Å². The van der Waals surface area contributed by atoms with Gasteiger partial charge < -0.3 is 15.2 Å². The van der Waals surface area contributed by atoms with Crippen molar-refractivity contribution < 1.29 is 22.6 Å². The van der Waals surface area contributed by atoms with Crippen LogP contribution in [0.25, 0.3) is 0 Å². The maximum absolute atomic E-state index is 12.0. The zero-order valence-corrected chi connectivity index (χ0v) is 11.3. The van der Waals surface area contributed by atoms with Gasteiger partial charge in [-0.25, -0.2) is 0 Å². The molecule has 0 heterocycles. The Morgan fingerprint density at radius 2 is 2.11 bits per heavy atom. The van der Waals surface area contributed by atoms with Gasteiger partial charge in [0.25, 0.3) is 0 Å². The highest BCUT2D eigenvalue weighted by atomic mass is 32.2. The highest BCUT2D eigenvalue weighted by Gasteiger charge is 2.29. The lowest BCUT2D eigenvalue weighted by molar-refractivity contribution is -0.186. The second kappa shape index (κ2) is 7.62. The van der Waals surface area contributed by atoms with Gasteiger partial charge in [0.1, 0.15) is 25.1 Å². The van der Waals surface area contributed by atoms with Gasteiger partial charge in [-0.05, 0) is 24.5 Å². The molecule has 19 heavy (non-hydrogen) atoms. The van der Waals surface area contributed by atoms with Gasteiger partial charge in [-0.3, -0.25) is 0 Å². The zero-order valence-electron chi connectivity index (χ0n) is 10.4. The fourth-order valence-corrected chi connectivity index (χ4v) is 1.73. The van der Waals surface area contributed by atoms with Crippen LogP contribution in [0.5, 0.6) is 5.75 Å². The number of alkyl halides is 3. The fraction of sp³-hybridized carbons (Fsp3) is 0.500. The topological polar surface area (TPSA) is 44.5 Å². The Morgan fingerprint density at radius 1 is 1.37 bits per heavy atom. The van der Waals surface area contributed by atoms with E-state index in [2.05, 4.69) is 4.74 Å². The molecular formula is C12H16F3NO2S. The lowest BCUT2D eigenvalue weighted by Gasteiger charge is -2.18. The van der Waals surface area contributed by atoms with Crippen molar-refractivity contribution in [3.05, 3.63) is 24.3 Å². The Kier molecular flexibility index (Phi) is 6.47. The summed E-state index contributed by atoms with van der Waals surface area (Å²) >= 11 is 1.55. The van der Waals surface area contributed by atoms with Gasteiger partial charge in [-0.1, -0.05) is 6.07 Å². The molecule has 0 aliphatic carbocycles. The van der Waals surface area contributed by atoms with E-state index in [0.29, 0.717) is 5.75 Å². The average Bonchev–Trinajstić information content (AvgIpc) is 2.38. The molecule has 0 amide bonds. The lowest BCUT2D eigenvalue weighted by Crippen LogP contribution is -2.33. The Hall–Kier alpha value is -0.920. The van der Waals surface area contributed by atoms with Crippen molar-refractivity contribution in [1.82, 2.24) is 0 Å². The number of ether oxygens (including phenoxy) is 2. The van der Waals surface area contributed by atoms with Gasteiger partial charge in [0.15, 0.2) is 0 Å². The molecule has 108 valence electrons. The summed E-state index contributed by atoms with van der Waals surface area (Å²) in [4.78, 5) is 1.01. The van der Waals surface area contributed by atoms with Gasteiger partial charge >= 0.3 is 6.18 Å². The number of hydrogen-bond donors (Lipinski definition) is 1. The second-order valence-electron chi connectivity index (χ2n) is 3.77. The standard InChI is InChI=1S/C12H16F3NO2S/c1-19-11-4-2-3-9(5-11)17-7-10(6-16)18-8-12(13,14)15/h2-5,10H,6-8,16H2,1H3. The molecule has 1 unspecified atom stereocenters. The van der Waals surface area contributed by atoms with E-state index in [0.717, 1.165) is 4.90 Å². The molecular weight excluding hydrogens is 279 g/mol. The number of benzene rings is 1. The molecule has 2 N–H and O–H groups in total. The number of hydrogen-bond acceptors (Lipinski definition) is 4. The summed E-state index contributed by atoms with van der Waals surface area (Å²) < 4.78 is 46.0. The maximum atomic E-state index is 12.0. The molecule has 1 atom stereocenters. The van der Waals surface area contributed by atoms with Gasteiger partial charge in [-0.2, -0.15) is 13.2 Å². The second-order valence-corrected chi connectivity index (χ2v) is 4.65. The lowest BCUT2D eigenvalue weighted by atomic mass is 10.3. The van der Waals surface area contributed by atoms with E-state index in [9.17, 15) is 13.2 Å². The number of thioether (sulfide) groups is 1. The van der Waals surface area contributed by atoms with Crippen LogP contribution >= 0.6 is 11.8 Å². The zero-order chi connectivity index (χ0) is 14.3. The average molecular weight is 295 g/mol. The minimum Gasteiger partial charge on any atom is -0.491 e. The van der Waals surface area contributed by atoms with Crippen molar-refractivity contribution >= 4 is 11.8 Å². The summed E-state index contributed by atoms with van der Waals surface area (Å²) in [5.41, 5.74) is 5.35. The molecule has 7 heteroatoms. The van der Waals surface area contributed by atoms with Crippen LogP contribution in [-0.2, 0) is 4.74 Å². The first-order valence-electron chi connectivity index (χ1n) is 5.60. The number of rotatable bonds is 7. The van der Waals surface area contributed by atoms with Crippen LogP contribution in [0, 0.1) is 0 Å². The smallest absolute Gasteiger partial charge is 0.411 e. The van der Waals surface area contributed by atoms with Gasteiger partial charge in [0.05, 0.1) is 0 Å². The Bertz CT molecular complexity index is 387. The molecule has 0 aliphatic heterocycles. The van der Waals surface area contributed by atoms with E-state index in [4.69, 9.17) is 10.5 Å². The van der Waals surface area contributed by atoms with Crippen LogP contribution in [-0.4, -0.2) is 38.3 Å². The van der Waals surface area contributed by atoms with Gasteiger partial charge in [-0.15, -0.1) is 11.8 Å². The third-order valence-corrected chi connectivity index (χ3v) is 2.95. The normalized spacial score (nSPS) is 13.3.